The molecular weight excluding hydrogens is 266 g/mol. The Kier molecular flexibility index (Phi) is 5.85. The lowest BCUT2D eigenvalue weighted by atomic mass is 10.1. The molecule has 2 N–H and O–H groups in total. The Balaban J connectivity index is 2.50. The van der Waals surface area contributed by atoms with Crippen molar-refractivity contribution in [3.63, 3.8) is 0 Å². The van der Waals surface area contributed by atoms with E-state index in [1.54, 1.807) is 0 Å². The van der Waals surface area contributed by atoms with E-state index < -0.39 is 0 Å². The number of halogens is 1. The Labute approximate surface area is 106 Å². The van der Waals surface area contributed by atoms with Crippen LogP contribution in [0.3, 0.4) is 0 Å². The van der Waals surface area contributed by atoms with E-state index in [2.05, 4.69) is 29.8 Å². The van der Waals surface area contributed by atoms with E-state index in [4.69, 9.17) is 10.5 Å². The van der Waals surface area contributed by atoms with Crippen LogP contribution < -0.4 is 10.5 Å². The van der Waals surface area contributed by atoms with Gasteiger partial charge in [0, 0.05) is 16.6 Å². The second-order valence-corrected chi connectivity index (χ2v) is 5.16. The standard InChI is InChI=1S/C13H20BrNO/c1-10(2)5-4-8-16-13-7-3-6-12(14)11(13)9-15/h3,6-7,10H,4-5,8-9,15H2,1-2H3. The van der Waals surface area contributed by atoms with E-state index in [0.29, 0.717) is 6.54 Å². The average Bonchev–Trinajstić information content (AvgIpc) is 2.24. The second-order valence-electron chi connectivity index (χ2n) is 4.31. The number of benzene rings is 1. The van der Waals surface area contributed by atoms with Gasteiger partial charge in [-0.25, -0.2) is 0 Å². The van der Waals surface area contributed by atoms with E-state index in [9.17, 15) is 0 Å². The van der Waals surface area contributed by atoms with Crippen molar-refractivity contribution in [3.8, 4) is 5.75 Å². The maximum absolute atomic E-state index is 5.75. The van der Waals surface area contributed by atoms with Crippen LogP contribution in [0.5, 0.6) is 5.75 Å². The molecule has 0 aliphatic heterocycles. The molecule has 0 saturated carbocycles. The number of ether oxygens (including phenoxy) is 1. The van der Waals surface area contributed by atoms with Crippen LogP contribution in [0.4, 0.5) is 0 Å². The Bertz CT molecular complexity index is 326. The zero-order chi connectivity index (χ0) is 12.0. The monoisotopic (exact) mass is 285 g/mol. The fourth-order valence-corrected chi connectivity index (χ4v) is 2.06. The lowest BCUT2D eigenvalue weighted by molar-refractivity contribution is 0.295. The van der Waals surface area contributed by atoms with Crippen LogP contribution in [0.1, 0.15) is 32.3 Å². The second kappa shape index (κ2) is 6.92. The predicted octanol–water partition coefficient (Wildman–Crippen LogP) is 3.72. The highest BCUT2D eigenvalue weighted by Gasteiger charge is 2.05. The molecule has 0 heterocycles. The van der Waals surface area contributed by atoms with Gasteiger partial charge in [-0.2, -0.15) is 0 Å². The molecule has 1 aromatic carbocycles. The summed E-state index contributed by atoms with van der Waals surface area (Å²) in [6, 6.07) is 5.94. The summed E-state index contributed by atoms with van der Waals surface area (Å²) in [6.07, 6.45) is 2.29. The van der Waals surface area contributed by atoms with Crippen LogP contribution in [0, 0.1) is 5.92 Å². The Morgan fingerprint density at radius 3 is 2.75 bits per heavy atom. The molecule has 0 aliphatic rings. The fourth-order valence-electron chi connectivity index (χ4n) is 1.55. The highest BCUT2D eigenvalue weighted by Crippen LogP contribution is 2.26. The quantitative estimate of drug-likeness (QED) is 0.809. The van der Waals surface area contributed by atoms with Crippen LogP contribution in [-0.4, -0.2) is 6.61 Å². The first-order chi connectivity index (χ1) is 7.65. The van der Waals surface area contributed by atoms with Gasteiger partial charge in [-0.1, -0.05) is 35.8 Å². The zero-order valence-corrected chi connectivity index (χ0v) is 11.6. The topological polar surface area (TPSA) is 35.2 Å². The molecule has 16 heavy (non-hydrogen) atoms. The molecule has 0 aliphatic carbocycles. The van der Waals surface area contributed by atoms with E-state index in [0.717, 1.165) is 34.7 Å². The maximum atomic E-state index is 5.75. The fraction of sp³-hybridized carbons (Fsp3) is 0.538. The lowest BCUT2D eigenvalue weighted by Crippen LogP contribution is -2.05. The molecule has 0 atom stereocenters. The van der Waals surface area contributed by atoms with Gasteiger partial charge in [0.1, 0.15) is 5.75 Å². The third kappa shape index (κ3) is 4.14. The summed E-state index contributed by atoms with van der Waals surface area (Å²) in [7, 11) is 0. The van der Waals surface area contributed by atoms with E-state index in [1.165, 1.54) is 6.42 Å². The first kappa shape index (κ1) is 13.5. The summed E-state index contributed by atoms with van der Waals surface area (Å²) in [5, 5.41) is 0. The summed E-state index contributed by atoms with van der Waals surface area (Å²) in [6.45, 7) is 5.72. The largest absolute Gasteiger partial charge is 0.493 e. The number of rotatable bonds is 6. The number of hydrogen-bond donors (Lipinski definition) is 1. The molecule has 1 rings (SSSR count). The summed E-state index contributed by atoms with van der Waals surface area (Å²) in [4.78, 5) is 0. The van der Waals surface area contributed by atoms with Crippen molar-refractivity contribution in [1.82, 2.24) is 0 Å². The minimum atomic E-state index is 0.501. The molecule has 0 radical (unpaired) electrons. The van der Waals surface area contributed by atoms with Crippen molar-refractivity contribution in [1.29, 1.82) is 0 Å². The highest BCUT2D eigenvalue weighted by molar-refractivity contribution is 9.10. The van der Waals surface area contributed by atoms with Crippen molar-refractivity contribution >= 4 is 15.9 Å². The van der Waals surface area contributed by atoms with Gasteiger partial charge in [0.25, 0.3) is 0 Å². The van der Waals surface area contributed by atoms with Gasteiger partial charge in [0.15, 0.2) is 0 Å². The van der Waals surface area contributed by atoms with Crippen LogP contribution >= 0.6 is 15.9 Å². The smallest absolute Gasteiger partial charge is 0.124 e. The maximum Gasteiger partial charge on any atom is 0.124 e. The molecule has 3 heteroatoms. The first-order valence-corrected chi connectivity index (χ1v) is 6.54. The van der Waals surface area contributed by atoms with Gasteiger partial charge < -0.3 is 10.5 Å². The average molecular weight is 286 g/mol. The first-order valence-electron chi connectivity index (χ1n) is 5.75. The van der Waals surface area contributed by atoms with Gasteiger partial charge in [0.05, 0.1) is 6.61 Å². The Hall–Kier alpha value is -0.540. The van der Waals surface area contributed by atoms with Crippen LogP contribution in [0.15, 0.2) is 22.7 Å². The van der Waals surface area contributed by atoms with Crippen LogP contribution in [0.25, 0.3) is 0 Å². The molecule has 0 aromatic heterocycles. The summed E-state index contributed by atoms with van der Waals surface area (Å²) < 4.78 is 6.77. The van der Waals surface area contributed by atoms with E-state index in [1.807, 2.05) is 18.2 Å². The molecule has 0 amide bonds. The normalized spacial score (nSPS) is 10.8. The predicted molar refractivity (Wildman–Crippen MR) is 71.6 cm³/mol. The molecule has 0 saturated heterocycles. The van der Waals surface area contributed by atoms with Crippen molar-refractivity contribution in [2.75, 3.05) is 6.61 Å². The minimum Gasteiger partial charge on any atom is -0.493 e. The van der Waals surface area contributed by atoms with Crippen molar-refractivity contribution in [3.05, 3.63) is 28.2 Å². The highest BCUT2D eigenvalue weighted by atomic mass is 79.9. The van der Waals surface area contributed by atoms with Crippen molar-refractivity contribution in [2.45, 2.75) is 33.2 Å². The molecular formula is C13H20BrNO. The van der Waals surface area contributed by atoms with Gasteiger partial charge in [0.2, 0.25) is 0 Å². The van der Waals surface area contributed by atoms with Crippen molar-refractivity contribution < 1.29 is 4.74 Å². The molecule has 0 bridgehead atoms. The molecule has 90 valence electrons. The van der Waals surface area contributed by atoms with E-state index >= 15 is 0 Å². The number of nitrogens with two attached hydrogens (primary N) is 1. The SMILES string of the molecule is CC(C)CCCOc1cccc(Br)c1CN. The summed E-state index contributed by atoms with van der Waals surface area (Å²) in [5.74, 6) is 1.64. The van der Waals surface area contributed by atoms with Crippen LogP contribution in [-0.2, 0) is 6.54 Å². The molecule has 0 fully saturated rings. The Morgan fingerprint density at radius 1 is 1.38 bits per heavy atom. The summed E-state index contributed by atoms with van der Waals surface area (Å²) in [5.41, 5.74) is 6.74. The van der Waals surface area contributed by atoms with Gasteiger partial charge >= 0.3 is 0 Å². The van der Waals surface area contributed by atoms with Gasteiger partial charge in [-0.05, 0) is 30.9 Å². The Morgan fingerprint density at radius 2 is 2.12 bits per heavy atom. The molecule has 2 nitrogen and oxygen atoms in total. The van der Waals surface area contributed by atoms with E-state index in [-0.39, 0.29) is 0 Å². The molecule has 0 spiro atoms. The van der Waals surface area contributed by atoms with Crippen LogP contribution in [0.2, 0.25) is 0 Å². The minimum absolute atomic E-state index is 0.501. The third-order valence-corrected chi connectivity index (χ3v) is 3.21. The summed E-state index contributed by atoms with van der Waals surface area (Å²) >= 11 is 3.48. The lowest BCUT2D eigenvalue weighted by Gasteiger charge is -2.12. The van der Waals surface area contributed by atoms with Gasteiger partial charge in [-0.3, -0.25) is 0 Å². The number of hydrogen-bond acceptors (Lipinski definition) is 2. The molecule has 0 unspecified atom stereocenters. The third-order valence-electron chi connectivity index (χ3n) is 2.46. The van der Waals surface area contributed by atoms with Gasteiger partial charge in [-0.15, -0.1) is 0 Å². The zero-order valence-electron chi connectivity index (χ0n) is 10.0. The van der Waals surface area contributed by atoms with Crippen molar-refractivity contribution in [2.24, 2.45) is 11.7 Å². The molecule has 1 aromatic rings.